The highest BCUT2D eigenvalue weighted by Gasteiger charge is 2.14. The molecule has 166 valence electrons. The summed E-state index contributed by atoms with van der Waals surface area (Å²) in [5.41, 5.74) is 4.12. The Morgan fingerprint density at radius 2 is 1.61 bits per heavy atom. The topological polar surface area (TPSA) is 73.9 Å². The Morgan fingerprint density at radius 3 is 2.26 bits per heavy atom. The highest BCUT2D eigenvalue weighted by molar-refractivity contribution is 5.92. The molecule has 3 rings (SSSR count). The van der Waals surface area contributed by atoms with Crippen molar-refractivity contribution in [2.75, 3.05) is 56.2 Å². The third-order valence-corrected chi connectivity index (χ3v) is 5.32. The molecular weight excluding hydrogens is 392 g/mol. The molecule has 0 atom stereocenters. The number of benzene rings is 2. The standard InChI is InChI=1S/C24H32N4O3/c1-3-27(17-23(29)25-16-20-6-4-19(2)5-7-20)18-24(30)26-21-8-10-22(11-9-21)28-12-14-31-15-13-28/h4-11H,3,12-18H2,1-2H3,(H,25,29)(H,26,30). The minimum atomic E-state index is -0.132. The van der Waals surface area contributed by atoms with Crippen LogP contribution in [0.2, 0.25) is 0 Å². The van der Waals surface area contributed by atoms with Crippen molar-refractivity contribution < 1.29 is 14.3 Å². The Hall–Kier alpha value is -2.90. The van der Waals surface area contributed by atoms with E-state index >= 15 is 0 Å². The summed E-state index contributed by atoms with van der Waals surface area (Å²) in [6, 6.07) is 15.9. The molecule has 2 aromatic rings. The number of hydrogen-bond donors (Lipinski definition) is 2. The van der Waals surface area contributed by atoms with Gasteiger partial charge in [-0.15, -0.1) is 0 Å². The first-order valence-corrected chi connectivity index (χ1v) is 10.8. The zero-order valence-corrected chi connectivity index (χ0v) is 18.4. The fourth-order valence-electron chi connectivity index (χ4n) is 3.43. The van der Waals surface area contributed by atoms with E-state index in [1.165, 1.54) is 5.56 Å². The van der Waals surface area contributed by atoms with Crippen LogP contribution in [0.5, 0.6) is 0 Å². The van der Waals surface area contributed by atoms with Crippen LogP contribution >= 0.6 is 0 Å². The van der Waals surface area contributed by atoms with Gasteiger partial charge in [-0.25, -0.2) is 0 Å². The van der Waals surface area contributed by atoms with E-state index < -0.39 is 0 Å². The number of carbonyl (C=O) groups is 2. The van der Waals surface area contributed by atoms with Gasteiger partial charge in [0.15, 0.2) is 0 Å². The van der Waals surface area contributed by atoms with E-state index in [1.807, 2.05) is 67.3 Å². The number of carbonyl (C=O) groups excluding carboxylic acids is 2. The SMILES string of the molecule is CCN(CC(=O)NCc1ccc(C)cc1)CC(=O)Nc1ccc(N2CCOCC2)cc1. The first-order valence-electron chi connectivity index (χ1n) is 10.8. The van der Waals surface area contributed by atoms with Crippen molar-refractivity contribution in [3.8, 4) is 0 Å². The molecule has 2 N–H and O–H groups in total. The molecule has 1 aliphatic rings. The summed E-state index contributed by atoms with van der Waals surface area (Å²) < 4.78 is 5.38. The molecule has 0 bridgehead atoms. The molecule has 31 heavy (non-hydrogen) atoms. The highest BCUT2D eigenvalue weighted by Crippen LogP contribution is 2.19. The Kier molecular flexibility index (Phi) is 8.44. The molecule has 1 fully saturated rings. The quantitative estimate of drug-likeness (QED) is 0.647. The molecule has 1 aliphatic heterocycles. The molecule has 0 radical (unpaired) electrons. The first-order chi connectivity index (χ1) is 15.0. The monoisotopic (exact) mass is 424 g/mol. The summed E-state index contributed by atoms with van der Waals surface area (Å²) in [5, 5.41) is 5.84. The zero-order valence-electron chi connectivity index (χ0n) is 18.4. The van der Waals surface area contributed by atoms with Gasteiger partial charge in [0.25, 0.3) is 0 Å². The van der Waals surface area contributed by atoms with Crippen LogP contribution < -0.4 is 15.5 Å². The largest absolute Gasteiger partial charge is 0.378 e. The normalized spacial score (nSPS) is 13.8. The van der Waals surface area contributed by atoms with E-state index in [-0.39, 0.29) is 24.9 Å². The van der Waals surface area contributed by atoms with Gasteiger partial charge in [0.2, 0.25) is 11.8 Å². The average molecular weight is 425 g/mol. The molecule has 0 saturated carbocycles. The maximum absolute atomic E-state index is 12.4. The smallest absolute Gasteiger partial charge is 0.238 e. The Bertz CT molecular complexity index is 846. The molecule has 0 spiro atoms. The highest BCUT2D eigenvalue weighted by atomic mass is 16.5. The third-order valence-electron chi connectivity index (χ3n) is 5.32. The van der Waals surface area contributed by atoms with Crippen molar-refractivity contribution >= 4 is 23.2 Å². The molecule has 1 heterocycles. The second kappa shape index (κ2) is 11.5. The number of anilines is 2. The molecule has 0 unspecified atom stereocenters. The van der Waals surface area contributed by atoms with Crippen molar-refractivity contribution in [2.24, 2.45) is 0 Å². The number of ether oxygens (including phenoxy) is 1. The van der Waals surface area contributed by atoms with Gasteiger partial charge >= 0.3 is 0 Å². The summed E-state index contributed by atoms with van der Waals surface area (Å²) in [7, 11) is 0. The van der Waals surface area contributed by atoms with Crippen LogP contribution in [0.25, 0.3) is 0 Å². The third kappa shape index (κ3) is 7.38. The number of likely N-dealkylation sites (N-methyl/N-ethyl adjacent to an activating group) is 1. The predicted molar refractivity (Wildman–Crippen MR) is 123 cm³/mol. The lowest BCUT2D eigenvalue weighted by atomic mass is 10.1. The lowest BCUT2D eigenvalue weighted by Gasteiger charge is -2.29. The molecule has 2 aromatic carbocycles. The number of morpholine rings is 1. The minimum absolute atomic E-state index is 0.0925. The van der Waals surface area contributed by atoms with E-state index in [4.69, 9.17) is 4.74 Å². The van der Waals surface area contributed by atoms with Crippen LogP contribution in [0.1, 0.15) is 18.1 Å². The number of amides is 2. The Labute approximate surface area is 184 Å². The number of hydrogen-bond acceptors (Lipinski definition) is 5. The molecule has 2 amide bonds. The van der Waals surface area contributed by atoms with Gasteiger partial charge in [-0.2, -0.15) is 0 Å². The van der Waals surface area contributed by atoms with Gasteiger partial charge in [-0.05, 0) is 43.3 Å². The second-order valence-electron chi connectivity index (χ2n) is 7.76. The molecule has 7 nitrogen and oxygen atoms in total. The van der Waals surface area contributed by atoms with Gasteiger partial charge in [0.1, 0.15) is 0 Å². The maximum Gasteiger partial charge on any atom is 0.238 e. The minimum Gasteiger partial charge on any atom is -0.378 e. The summed E-state index contributed by atoms with van der Waals surface area (Å²) in [4.78, 5) is 28.8. The van der Waals surface area contributed by atoms with Gasteiger partial charge < -0.3 is 20.3 Å². The van der Waals surface area contributed by atoms with Crippen molar-refractivity contribution in [1.29, 1.82) is 0 Å². The number of nitrogens with zero attached hydrogens (tertiary/aromatic N) is 2. The molecule has 0 aromatic heterocycles. The van der Waals surface area contributed by atoms with E-state index in [9.17, 15) is 9.59 Å². The summed E-state index contributed by atoms with van der Waals surface area (Å²) in [5.74, 6) is -0.225. The van der Waals surface area contributed by atoms with Crippen LogP contribution in [0.15, 0.2) is 48.5 Å². The van der Waals surface area contributed by atoms with Crippen LogP contribution in [0.4, 0.5) is 11.4 Å². The summed E-state index contributed by atoms with van der Waals surface area (Å²) >= 11 is 0. The lowest BCUT2D eigenvalue weighted by molar-refractivity contribution is -0.123. The fourth-order valence-corrected chi connectivity index (χ4v) is 3.43. The van der Waals surface area contributed by atoms with Gasteiger partial charge in [-0.1, -0.05) is 36.8 Å². The Balaban J connectivity index is 1.43. The average Bonchev–Trinajstić information content (AvgIpc) is 2.79. The van der Waals surface area contributed by atoms with Crippen molar-refractivity contribution in [3.05, 3.63) is 59.7 Å². The number of rotatable bonds is 9. The van der Waals surface area contributed by atoms with Crippen LogP contribution in [-0.4, -0.2) is 62.7 Å². The molecular formula is C24H32N4O3. The molecule has 7 heteroatoms. The zero-order chi connectivity index (χ0) is 22.1. The maximum atomic E-state index is 12.4. The van der Waals surface area contributed by atoms with Gasteiger partial charge in [0, 0.05) is 31.0 Å². The van der Waals surface area contributed by atoms with Gasteiger partial charge in [-0.3, -0.25) is 14.5 Å². The predicted octanol–water partition coefficient (Wildman–Crippen LogP) is 2.41. The first kappa shape index (κ1) is 22.8. The summed E-state index contributed by atoms with van der Waals surface area (Å²) in [6.07, 6.45) is 0. The Morgan fingerprint density at radius 1 is 0.968 bits per heavy atom. The molecule has 0 aliphatic carbocycles. The van der Waals surface area contributed by atoms with Crippen molar-refractivity contribution in [2.45, 2.75) is 20.4 Å². The van der Waals surface area contributed by atoms with Crippen molar-refractivity contribution in [3.63, 3.8) is 0 Å². The van der Waals surface area contributed by atoms with Crippen LogP contribution in [0, 0.1) is 6.92 Å². The van der Waals surface area contributed by atoms with Crippen LogP contribution in [0.3, 0.4) is 0 Å². The van der Waals surface area contributed by atoms with E-state index in [0.717, 1.165) is 43.2 Å². The number of nitrogens with one attached hydrogen (secondary N) is 2. The lowest BCUT2D eigenvalue weighted by Crippen LogP contribution is -2.40. The van der Waals surface area contributed by atoms with Crippen LogP contribution in [-0.2, 0) is 20.9 Å². The molecule has 1 saturated heterocycles. The van der Waals surface area contributed by atoms with Gasteiger partial charge in [0.05, 0.1) is 26.3 Å². The van der Waals surface area contributed by atoms with E-state index in [0.29, 0.717) is 13.1 Å². The van der Waals surface area contributed by atoms with E-state index in [2.05, 4.69) is 15.5 Å². The second-order valence-corrected chi connectivity index (χ2v) is 7.76. The fraction of sp³-hybridized carbons (Fsp3) is 0.417. The number of aryl methyl sites for hydroxylation is 1. The summed E-state index contributed by atoms with van der Waals surface area (Å²) in [6.45, 7) is 8.66. The van der Waals surface area contributed by atoms with E-state index in [1.54, 1.807) is 0 Å². The van der Waals surface area contributed by atoms with Crippen molar-refractivity contribution in [1.82, 2.24) is 10.2 Å².